The molecule has 1 amide bonds. The van der Waals surface area contributed by atoms with E-state index in [1.165, 1.54) is 19.3 Å². The molecule has 0 aliphatic carbocycles. The number of ether oxygens (including phenoxy) is 1. The van der Waals surface area contributed by atoms with Gasteiger partial charge in [-0.15, -0.1) is 0 Å². The van der Waals surface area contributed by atoms with Gasteiger partial charge in [-0.25, -0.2) is 0 Å². The first-order chi connectivity index (χ1) is 12.2. The number of nitrogens with one attached hydrogen (secondary N) is 1. The molecule has 0 bridgehead atoms. The number of benzene rings is 2. The maximum absolute atomic E-state index is 12.5. The van der Waals surface area contributed by atoms with Crippen LogP contribution in [-0.4, -0.2) is 26.1 Å². The number of carbonyl (C=O) groups is 1. The Kier molecular flexibility index (Phi) is 5.20. The van der Waals surface area contributed by atoms with E-state index in [1.807, 2.05) is 24.3 Å². The van der Waals surface area contributed by atoms with Gasteiger partial charge in [-0.1, -0.05) is 6.07 Å². The van der Waals surface area contributed by atoms with Crippen molar-refractivity contribution in [3.05, 3.63) is 53.6 Å². The molecule has 0 unspecified atom stereocenters. The van der Waals surface area contributed by atoms with Crippen LogP contribution in [0.4, 0.5) is 11.4 Å². The summed E-state index contributed by atoms with van der Waals surface area (Å²) in [6.45, 7) is 2.06. The third-order valence-corrected chi connectivity index (χ3v) is 4.41. The van der Waals surface area contributed by atoms with Crippen molar-refractivity contribution < 1.29 is 9.53 Å². The highest BCUT2D eigenvalue weighted by molar-refractivity contribution is 6.05. The molecule has 2 aromatic carbocycles. The third-order valence-electron chi connectivity index (χ3n) is 4.41. The first-order valence-corrected chi connectivity index (χ1v) is 8.46. The van der Waals surface area contributed by atoms with Crippen LogP contribution in [-0.2, 0) is 0 Å². The smallest absolute Gasteiger partial charge is 0.255 e. The number of nitriles is 1. The van der Waals surface area contributed by atoms with Gasteiger partial charge in [-0.2, -0.15) is 5.26 Å². The second-order valence-electron chi connectivity index (χ2n) is 6.08. The van der Waals surface area contributed by atoms with Gasteiger partial charge < -0.3 is 15.0 Å². The predicted octanol–water partition coefficient (Wildman–Crippen LogP) is 3.81. The Morgan fingerprint density at radius 1 is 1.16 bits per heavy atom. The third kappa shape index (κ3) is 3.92. The van der Waals surface area contributed by atoms with E-state index in [0.29, 0.717) is 22.6 Å². The van der Waals surface area contributed by atoms with Crippen LogP contribution in [0.25, 0.3) is 0 Å². The zero-order valence-electron chi connectivity index (χ0n) is 14.3. The standard InChI is InChI=1S/C20H21N3O2/c1-25-19-9-8-17(23-10-3-2-4-11-23)13-18(19)22-20(24)16-7-5-6-15(12-16)14-21/h5-9,12-13H,2-4,10-11H2,1H3,(H,22,24). The molecular formula is C20H21N3O2. The highest BCUT2D eigenvalue weighted by Gasteiger charge is 2.15. The predicted molar refractivity (Wildman–Crippen MR) is 98.2 cm³/mol. The lowest BCUT2D eigenvalue weighted by molar-refractivity contribution is 0.102. The van der Waals surface area contributed by atoms with Gasteiger partial charge in [-0.3, -0.25) is 4.79 Å². The Bertz CT molecular complexity index is 805. The Morgan fingerprint density at radius 2 is 1.96 bits per heavy atom. The second-order valence-corrected chi connectivity index (χ2v) is 6.08. The Labute approximate surface area is 147 Å². The van der Waals surface area contributed by atoms with Gasteiger partial charge in [0, 0.05) is 24.3 Å². The van der Waals surface area contributed by atoms with E-state index in [2.05, 4.69) is 10.2 Å². The highest BCUT2D eigenvalue weighted by Crippen LogP contribution is 2.31. The van der Waals surface area contributed by atoms with Gasteiger partial charge in [-0.05, 0) is 55.7 Å². The molecule has 128 valence electrons. The van der Waals surface area contributed by atoms with Gasteiger partial charge in [0.15, 0.2) is 0 Å². The molecule has 0 saturated carbocycles. The average Bonchev–Trinajstić information content (AvgIpc) is 2.68. The van der Waals surface area contributed by atoms with Crippen molar-refractivity contribution in [2.24, 2.45) is 0 Å². The second kappa shape index (κ2) is 7.71. The summed E-state index contributed by atoms with van der Waals surface area (Å²) in [6.07, 6.45) is 3.65. The van der Waals surface area contributed by atoms with Gasteiger partial charge in [0.25, 0.3) is 5.91 Å². The number of anilines is 2. The number of rotatable bonds is 4. The lowest BCUT2D eigenvalue weighted by atomic mass is 10.1. The molecule has 25 heavy (non-hydrogen) atoms. The Morgan fingerprint density at radius 3 is 2.68 bits per heavy atom. The fourth-order valence-corrected chi connectivity index (χ4v) is 3.07. The van der Waals surface area contributed by atoms with Gasteiger partial charge in [0.1, 0.15) is 5.75 Å². The maximum Gasteiger partial charge on any atom is 0.255 e. The fraction of sp³-hybridized carbons (Fsp3) is 0.300. The summed E-state index contributed by atoms with van der Waals surface area (Å²) in [7, 11) is 1.59. The molecule has 5 nitrogen and oxygen atoms in total. The van der Waals surface area contributed by atoms with E-state index < -0.39 is 0 Å². The number of amides is 1. The van der Waals surface area contributed by atoms with Gasteiger partial charge >= 0.3 is 0 Å². The molecule has 1 N–H and O–H groups in total. The minimum atomic E-state index is -0.258. The minimum Gasteiger partial charge on any atom is -0.495 e. The molecule has 0 atom stereocenters. The first kappa shape index (κ1) is 16.8. The molecule has 5 heteroatoms. The summed E-state index contributed by atoms with van der Waals surface area (Å²) >= 11 is 0. The molecule has 1 saturated heterocycles. The van der Waals surface area contributed by atoms with Crippen LogP contribution in [0.15, 0.2) is 42.5 Å². The van der Waals surface area contributed by atoms with Crippen LogP contribution in [0.1, 0.15) is 35.2 Å². The summed E-state index contributed by atoms with van der Waals surface area (Å²) in [6, 6.07) is 14.6. The average molecular weight is 335 g/mol. The van der Waals surface area contributed by atoms with Crippen molar-refractivity contribution in [2.45, 2.75) is 19.3 Å². The summed E-state index contributed by atoms with van der Waals surface area (Å²) in [4.78, 5) is 14.9. The summed E-state index contributed by atoms with van der Waals surface area (Å²) < 4.78 is 5.38. The topological polar surface area (TPSA) is 65.4 Å². The molecule has 3 rings (SSSR count). The fourth-order valence-electron chi connectivity index (χ4n) is 3.07. The van der Waals surface area contributed by atoms with Crippen molar-refractivity contribution in [2.75, 3.05) is 30.4 Å². The number of piperidine rings is 1. The van der Waals surface area contributed by atoms with Gasteiger partial charge in [0.05, 0.1) is 24.4 Å². The summed E-state index contributed by atoms with van der Waals surface area (Å²) in [5.74, 6) is 0.358. The number of carbonyl (C=O) groups excluding carboxylic acids is 1. The normalized spacial score (nSPS) is 13.8. The molecule has 2 aromatic rings. The summed E-state index contributed by atoms with van der Waals surface area (Å²) in [5, 5.41) is 11.9. The largest absolute Gasteiger partial charge is 0.495 e. The van der Waals surface area contributed by atoms with Crippen molar-refractivity contribution in [1.29, 1.82) is 5.26 Å². The van der Waals surface area contributed by atoms with Crippen molar-refractivity contribution in [1.82, 2.24) is 0 Å². The van der Waals surface area contributed by atoms with E-state index in [9.17, 15) is 4.79 Å². The van der Waals surface area contributed by atoms with E-state index in [1.54, 1.807) is 31.4 Å². The zero-order chi connectivity index (χ0) is 17.6. The van der Waals surface area contributed by atoms with E-state index >= 15 is 0 Å². The molecule has 0 spiro atoms. The highest BCUT2D eigenvalue weighted by atomic mass is 16.5. The molecule has 1 fully saturated rings. The Balaban J connectivity index is 1.84. The lowest BCUT2D eigenvalue weighted by Crippen LogP contribution is -2.29. The minimum absolute atomic E-state index is 0.258. The number of hydrogen-bond acceptors (Lipinski definition) is 4. The molecule has 0 radical (unpaired) electrons. The van der Waals surface area contributed by atoms with E-state index in [-0.39, 0.29) is 5.91 Å². The van der Waals surface area contributed by atoms with Crippen LogP contribution in [0.3, 0.4) is 0 Å². The molecule has 1 heterocycles. The number of methoxy groups -OCH3 is 1. The monoisotopic (exact) mass is 335 g/mol. The molecule has 1 aliphatic heterocycles. The van der Waals surface area contributed by atoms with Crippen LogP contribution in [0, 0.1) is 11.3 Å². The van der Waals surface area contributed by atoms with Crippen molar-refractivity contribution >= 4 is 17.3 Å². The van der Waals surface area contributed by atoms with Crippen LogP contribution < -0.4 is 15.0 Å². The summed E-state index contributed by atoms with van der Waals surface area (Å²) in [5.41, 5.74) is 2.63. The zero-order valence-corrected chi connectivity index (χ0v) is 14.3. The van der Waals surface area contributed by atoms with E-state index in [4.69, 9.17) is 10.00 Å². The van der Waals surface area contributed by atoms with Crippen LogP contribution >= 0.6 is 0 Å². The molecular weight excluding hydrogens is 314 g/mol. The lowest BCUT2D eigenvalue weighted by Gasteiger charge is -2.29. The van der Waals surface area contributed by atoms with Gasteiger partial charge in [0.2, 0.25) is 0 Å². The Hall–Kier alpha value is -3.00. The van der Waals surface area contributed by atoms with Crippen LogP contribution in [0.2, 0.25) is 0 Å². The van der Waals surface area contributed by atoms with Crippen molar-refractivity contribution in [3.63, 3.8) is 0 Å². The van der Waals surface area contributed by atoms with Crippen LogP contribution in [0.5, 0.6) is 5.75 Å². The quantitative estimate of drug-likeness (QED) is 0.923. The first-order valence-electron chi connectivity index (χ1n) is 8.46. The molecule has 1 aliphatic rings. The van der Waals surface area contributed by atoms with Crippen molar-refractivity contribution in [3.8, 4) is 11.8 Å². The maximum atomic E-state index is 12.5. The number of hydrogen-bond donors (Lipinski definition) is 1. The SMILES string of the molecule is COc1ccc(N2CCCCC2)cc1NC(=O)c1cccc(C#N)c1. The molecule has 0 aromatic heterocycles. The number of nitrogens with zero attached hydrogens (tertiary/aromatic N) is 2. The van der Waals surface area contributed by atoms with E-state index in [0.717, 1.165) is 18.8 Å².